The molecule has 1 amide bonds. The van der Waals surface area contributed by atoms with E-state index in [1.165, 1.54) is 25.7 Å². The molecule has 2 fully saturated rings. The highest BCUT2D eigenvalue weighted by Crippen LogP contribution is 2.48. The first-order valence-electron chi connectivity index (χ1n) is 8.71. The summed E-state index contributed by atoms with van der Waals surface area (Å²) in [5, 5.41) is 3.27. The third-order valence-electron chi connectivity index (χ3n) is 5.95. The molecule has 0 unspecified atom stereocenters. The molecule has 1 heterocycles. The van der Waals surface area contributed by atoms with Crippen molar-refractivity contribution >= 4 is 11.6 Å². The Labute approximate surface area is 134 Å². The molecule has 2 aliphatic rings. The van der Waals surface area contributed by atoms with Crippen molar-refractivity contribution < 1.29 is 9.28 Å². The van der Waals surface area contributed by atoms with Gasteiger partial charge in [0.2, 0.25) is 0 Å². The summed E-state index contributed by atoms with van der Waals surface area (Å²) in [5.41, 5.74) is 3.16. The van der Waals surface area contributed by atoms with E-state index in [0.717, 1.165) is 47.2 Å². The second kappa shape index (κ2) is 5.69. The molecule has 3 heteroatoms. The number of amides is 1. The van der Waals surface area contributed by atoms with Crippen LogP contribution in [0, 0.1) is 13.8 Å². The van der Waals surface area contributed by atoms with Crippen LogP contribution in [0.3, 0.4) is 0 Å². The maximum atomic E-state index is 13.1. The first-order chi connectivity index (χ1) is 10.5. The van der Waals surface area contributed by atoms with Crippen LogP contribution >= 0.6 is 0 Å². The Hall–Kier alpha value is -1.35. The lowest BCUT2D eigenvalue weighted by molar-refractivity contribution is -0.933. The first kappa shape index (κ1) is 15.5. The number of benzene rings is 1. The van der Waals surface area contributed by atoms with Crippen LogP contribution in [-0.4, -0.2) is 36.1 Å². The molecule has 1 N–H and O–H groups in total. The Kier molecular flexibility index (Phi) is 4.02. The molecular formula is C19H29N2O+. The molecule has 1 aromatic rings. The summed E-state index contributed by atoms with van der Waals surface area (Å²) < 4.78 is 0.948. The minimum Gasteiger partial charge on any atom is -0.320 e. The number of para-hydroxylation sites is 1. The van der Waals surface area contributed by atoms with E-state index in [9.17, 15) is 4.79 Å². The molecule has 0 spiro atoms. The van der Waals surface area contributed by atoms with Gasteiger partial charge in [0.05, 0.1) is 20.1 Å². The molecule has 22 heavy (non-hydrogen) atoms. The number of carbonyl (C=O) groups excluding carboxylic acids is 1. The number of rotatable bonds is 3. The molecule has 1 aliphatic carbocycles. The predicted molar refractivity (Wildman–Crippen MR) is 90.9 cm³/mol. The van der Waals surface area contributed by atoms with Crippen LogP contribution in [0.5, 0.6) is 0 Å². The van der Waals surface area contributed by atoms with E-state index in [4.69, 9.17) is 0 Å². The maximum Gasteiger partial charge on any atom is 0.285 e. The van der Waals surface area contributed by atoms with Gasteiger partial charge in [0.25, 0.3) is 5.91 Å². The molecular weight excluding hydrogens is 272 g/mol. The van der Waals surface area contributed by atoms with Crippen LogP contribution in [0.2, 0.25) is 0 Å². The molecule has 1 saturated carbocycles. The van der Waals surface area contributed by atoms with Gasteiger partial charge in [-0.2, -0.15) is 0 Å². The fourth-order valence-electron chi connectivity index (χ4n) is 4.19. The number of nitrogens with zero attached hydrogens (tertiary/aromatic N) is 1. The van der Waals surface area contributed by atoms with Gasteiger partial charge in [-0.15, -0.1) is 0 Å². The zero-order chi connectivity index (χ0) is 15.8. The van der Waals surface area contributed by atoms with Crippen LogP contribution in [0.4, 0.5) is 5.69 Å². The second-order valence-corrected chi connectivity index (χ2v) is 7.51. The lowest BCUT2D eigenvalue weighted by atomic mass is 10.1. The molecule has 120 valence electrons. The van der Waals surface area contributed by atoms with Crippen molar-refractivity contribution in [2.45, 2.75) is 57.9 Å². The summed E-state index contributed by atoms with van der Waals surface area (Å²) >= 11 is 0. The van der Waals surface area contributed by atoms with Gasteiger partial charge in [-0.25, -0.2) is 0 Å². The number of quaternary nitrogens is 1. The van der Waals surface area contributed by atoms with Crippen LogP contribution in [-0.2, 0) is 4.79 Å². The smallest absolute Gasteiger partial charge is 0.285 e. The van der Waals surface area contributed by atoms with Crippen LogP contribution < -0.4 is 5.32 Å². The highest BCUT2D eigenvalue weighted by Gasteiger charge is 2.63. The Morgan fingerprint density at radius 3 is 2.09 bits per heavy atom. The van der Waals surface area contributed by atoms with Gasteiger partial charge in [-0.3, -0.25) is 4.79 Å². The highest BCUT2D eigenvalue weighted by molar-refractivity contribution is 6.00. The van der Waals surface area contributed by atoms with Crippen molar-refractivity contribution in [2.24, 2.45) is 0 Å². The third-order valence-corrected chi connectivity index (χ3v) is 5.95. The molecule has 0 radical (unpaired) electrons. The Morgan fingerprint density at radius 2 is 1.59 bits per heavy atom. The average Bonchev–Trinajstić information content (AvgIpc) is 3.28. The summed E-state index contributed by atoms with van der Waals surface area (Å²) in [5.74, 6) is 0.245. The summed E-state index contributed by atoms with van der Waals surface area (Å²) in [6.07, 6.45) is 7.25. The van der Waals surface area contributed by atoms with E-state index in [1.807, 2.05) is 0 Å². The molecule has 3 rings (SSSR count). The van der Waals surface area contributed by atoms with E-state index in [2.05, 4.69) is 44.4 Å². The molecule has 0 aromatic heterocycles. The van der Waals surface area contributed by atoms with Gasteiger partial charge < -0.3 is 9.80 Å². The van der Waals surface area contributed by atoms with Crippen LogP contribution in [0.15, 0.2) is 18.2 Å². The van der Waals surface area contributed by atoms with E-state index in [1.54, 1.807) is 0 Å². The summed E-state index contributed by atoms with van der Waals surface area (Å²) in [4.78, 5) is 13.1. The molecule has 1 saturated heterocycles. The van der Waals surface area contributed by atoms with E-state index in [0.29, 0.717) is 0 Å². The Balaban J connectivity index is 1.82. The number of likely N-dealkylation sites (N-methyl/N-ethyl adjacent to an activating group) is 1. The van der Waals surface area contributed by atoms with Crippen LogP contribution in [0.25, 0.3) is 0 Å². The van der Waals surface area contributed by atoms with Crippen molar-refractivity contribution in [3.8, 4) is 0 Å². The minimum atomic E-state index is -0.168. The maximum absolute atomic E-state index is 13.1. The van der Waals surface area contributed by atoms with Gasteiger partial charge in [-0.1, -0.05) is 18.2 Å². The van der Waals surface area contributed by atoms with Crippen molar-refractivity contribution in [2.75, 3.05) is 25.5 Å². The first-order valence-corrected chi connectivity index (χ1v) is 8.71. The molecule has 1 aromatic carbocycles. The van der Waals surface area contributed by atoms with Crippen molar-refractivity contribution in [1.82, 2.24) is 0 Å². The summed E-state index contributed by atoms with van der Waals surface area (Å²) in [7, 11) is 2.31. The predicted octanol–water partition coefficient (Wildman–Crippen LogP) is 3.80. The number of nitrogens with one attached hydrogen (secondary N) is 1. The molecule has 1 aliphatic heterocycles. The fraction of sp³-hybridized carbons (Fsp3) is 0.632. The molecule has 0 bridgehead atoms. The van der Waals surface area contributed by atoms with Gasteiger partial charge in [0, 0.05) is 18.5 Å². The topological polar surface area (TPSA) is 29.1 Å². The Morgan fingerprint density at radius 1 is 1.05 bits per heavy atom. The van der Waals surface area contributed by atoms with E-state index >= 15 is 0 Å². The average molecular weight is 301 g/mol. The van der Waals surface area contributed by atoms with Crippen molar-refractivity contribution in [3.05, 3.63) is 29.3 Å². The molecule has 0 atom stereocenters. The van der Waals surface area contributed by atoms with Gasteiger partial charge in [0.15, 0.2) is 5.54 Å². The lowest BCUT2D eigenvalue weighted by Gasteiger charge is -2.41. The zero-order valence-corrected chi connectivity index (χ0v) is 14.2. The number of aryl methyl sites for hydroxylation is 2. The zero-order valence-electron chi connectivity index (χ0n) is 14.2. The SMILES string of the molecule is Cc1cccc(C)c1NC(=O)C1([N+]2(C)CCCCCC2)CC1. The van der Waals surface area contributed by atoms with Crippen molar-refractivity contribution in [1.29, 1.82) is 0 Å². The number of hydrogen-bond donors (Lipinski definition) is 1. The number of carbonyl (C=O) groups is 1. The number of anilines is 1. The van der Waals surface area contributed by atoms with Gasteiger partial charge >= 0.3 is 0 Å². The van der Waals surface area contributed by atoms with Crippen LogP contribution in [0.1, 0.15) is 49.7 Å². The normalized spacial score (nSPS) is 22.7. The monoisotopic (exact) mass is 301 g/mol. The summed E-state index contributed by atoms with van der Waals surface area (Å²) in [6, 6.07) is 6.20. The van der Waals surface area contributed by atoms with E-state index < -0.39 is 0 Å². The quantitative estimate of drug-likeness (QED) is 0.846. The second-order valence-electron chi connectivity index (χ2n) is 7.51. The van der Waals surface area contributed by atoms with Gasteiger partial charge in [0.1, 0.15) is 0 Å². The van der Waals surface area contributed by atoms with E-state index in [-0.39, 0.29) is 11.4 Å². The Bertz CT molecular complexity index is 547. The molecule has 3 nitrogen and oxygen atoms in total. The number of hydrogen-bond acceptors (Lipinski definition) is 1. The fourth-order valence-corrected chi connectivity index (χ4v) is 4.19. The standard InChI is InChI=1S/C19H28N2O/c1-15-9-8-10-16(2)17(15)20-18(22)19(11-12-19)21(3)13-6-4-5-7-14-21/h8-10H,4-7,11-14H2,1-3H3/p+1. The lowest BCUT2D eigenvalue weighted by Crippen LogP contribution is -2.60. The summed E-state index contributed by atoms with van der Waals surface area (Å²) in [6.45, 7) is 6.45. The highest BCUT2D eigenvalue weighted by atomic mass is 16.2. The largest absolute Gasteiger partial charge is 0.320 e. The number of likely N-dealkylation sites (tertiary alicyclic amines) is 1. The van der Waals surface area contributed by atoms with Gasteiger partial charge in [-0.05, 0) is 50.7 Å². The third kappa shape index (κ3) is 2.56. The minimum absolute atomic E-state index is 0.168. The van der Waals surface area contributed by atoms with Crippen molar-refractivity contribution in [3.63, 3.8) is 0 Å².